The van der Waals surface area contributed by atoms with Gasteiger partial charge in [-0.2, -0.15) is 4.99 Å². The fourth-order valence-corrected chi connectivity index (χ4v) is 5.19. The summed E-state index contributed by atoms with van der Waals surface area (Å²) in [6.07, 6.45) is 1.26. The zero-order chi connectivity index (χ0) is 21.2. The number of thiophene rings is 1. The van der Waals surface area contributed by atoms with Crippen LogP contribution in [-0.2, 0) is 4.74 Å². The number of thiazole rings is 1. The molecule has 1 aromatic carbocycles. The number of nitrogens with zero attached hydrogens (tertiary/aromatic N) is 2. The van der Waals surface area contributed by atoms with Crippen LogP contribution in [0.5, 0.6) is 5.75 Å². The lowest BCUT2D eigenvalue weighted by Gasteiger charge is -2.17. The van der Waals surface area contributed by atoms with E-state index in [1.165, 1.54) is 22.7 Å². The van der Waals surface area contributed by atoms with Gasteiger partial charge in [0.15, 0.2) is 0 Å². The van der Waals surface area contributed by atoms with Crippen LogP contribution in [0.25, 0.3) is 21.8 Å². The Morgan fingerprint density at radius 1 is 1.31 bits per heavy atom. The Labute approximate surface area is 181 Å². The van der Waals surface area contributed by atoms with Gasteiger partial charge in [-0.05, 0) is 45.2 Å². The average molecular weight is 448 g/mol. The number of carbonyl (C=O) groups excluding carboxylic acids is 1. The Morgan fingerprint density at radius 3 is 2.72 bits per heavy atom. The van der Waals surface area contributed by atoms with Crippen LogP contribution in [0.15, 0.2) is 44.9 Å². The van der Waals surface area contributed by atoms with E-state index in [-0.39, 0.29) is 11.6 Å². The van der Waals surface area contributed by atoms with Crippen molar-refractivity contribution in [2.75, 3.05) is 6.26 Å². The van der Waals surface area contributed by atoms with E-state index >= 15 is 0 Å². The van der Waals surface area contributed by atoms with Gasteiger partial charge in [-0.1, -0.05) is 12.1 Å². The van der Waals surface area contributed by atoms with Crippen molar-refractivity contribution in [3.8, 4) is 27.6 Å². The summed E-state index contributed by atoms with van der Waals surface area (Å²) in [4.78, 5) is 21.2. The van der Waals surface area contributed by atoms with E-state index in [9.17, 15) is 9.90 Å². The van der Waals surface area contributed by atoms with Crippen LogP contribution in [-0.4, -0.2) is 33.9 Å². The van der Waals surface area contributed by atoms with Gasteiger partial charge < -0.3 is 15.6 Å². The molecule has 0 saturated heterocycles. The second-order valence-electron chi connectivity index (χ2n) is 7.08. The first-order chi connectivity index (χ1) is 13.7. The number of aliphatic imine (C=N–C) groups is 1. The molecule has 0 atom stereocenters. The maximum absolute atomic E-state index is 11.9. The zero-order valence-corrected chi connectivity index (χ0v) is 18.9. The number of rotatable bonds is 4. The van der Waals surface area contributed by atoms with Crippen molar-refractivity contribution in [2.24, 2.45) is 10.7 Å². The van der Waals surface area contributed by atoms with E-state index in [4.69, 9.17) is 15.5 Å². The van der Waals surface area contributed by atoms with Crippen molar-refractivity contribution in [2.45, 2.75) is 30.6 Å². The molecule has 6 nitrogen and oxygen atoms in total. The molecule has 0 fully saturated rings. The summed E-state index contributed by atoms with van der Waals surface area (Å²) in [5, 5.41) is 12.5. The number of hydrogen-bond donors (Lipinski definition) is 2. The number of hydrogen-bond acceptors (Lipinski definition) is 7. The third-order valence-corrected chi connectivity index (χ3v) is 6.79. The predicted molar refractivity (Wildman–Crippen MR) is 121 cm³/mol. The summed E-state index contributed by atoms with van der Waals surface area (Å²) in [5.41, 5.74) is 7.99. The molecular formula is C20H21N3O3S3. The maximum atomic E-state index is 11.9. The van der Waals surface area contributed by atoms with Gasteiger partial charge >= 0.3 is 6.09 Å². The molecule has 0 unspecified atom stereocenters. The number of phenolic OH excluding ortho intramolecular Hbond substituents is 1. The van der Waals surface area contributed by atoms with Crippen molar-refractivity contribution >= 4 is 46.4 Å². The number of aromatic hydroxyl groups is 1. The van der Waals surface area contributed by atoms with Crippen LogP contribution in [0, 0.1) is 0 Å². The van der Waals surface area contributed by atoms with E-state index in [1.807, 2.05) is 23.8 Å². The molecule has 1 amide bonds. The monoisotopic (exact) mass is 447 g/mol. The molecule has 152 valence electrons. The highest BCUT2D eigenvalue weighted by atomic mass is 32.2. The molecule has 29 heavy (non-hydrogen) atoms. The minimum atomic E-state index is -0.712. The topological polar surface area (TPSA) is 97.8 Å². The quantitative estimate of drug-likeness (QED) is 0.307. The molecule has 0 aliphatic heterocycles. The summed E-state index contributed by atoms with van der Waals surface area (Å²) in [6.45, 7) is 5.33. The van der Waals surface area contributed by atoms with Crippen LogP contribution in [0.1, 0.15) is 25.6 Å². The summed E-state index contributed by atoms with van der Waals surface area (Å²) >= 11 is 4.55. The van der Waals surface area contributed by atoms with E-state index in [0.29, 0.717) is 4.88 Å². The Balaban J connectivity index is 1.90. The number of phenols is 1. The van der Waals surface area contributed by atoms with Crippen LogP contribution in [0.4, 0.5) is 4.79 Å². The first-order valence-electron chi connectivity index (χ1n) is 8.67. The first kappa shape index (κ1) is 21.4. The lowest BCUT2D eigenvalue weighted by atomic mass is 10.2. The molecule has 3 aromatic rings. The van der Waals surface area contributed by atoms with Gasteiger partial charge in [-0.15, -0.1) is 34.4 Å². The molecule has 0 aliphatic rings. The van der Waals surface area contributed by atoms with Gasteiger partial charge in [0.25, 0.3) is 0 Å². The standard InChI is InChI=1S/C20H21N3O3S3/c1-20(2,3)26-19(25)23-16(21)15-9-13(18(27-4)29-15)17-22-14(10-28-17)11-6-5-7-12(24)8-11/h5-10,24H,1-4H3,(H2,21,23,25). The molecule has 0 saturated carbocycles. The summed E-state index contributed by atoms with van der Waals surface area (Å²) in [5.74, 6) is 0.321. The SMILES string of the molecule is CSc1sc(/C(N)=N\C(=O)OC(C)(C)C)cc1-c1nc(-c2cccc(O)c2)cs1. The van der Waals surface area contributed by atoms with Gasteiger partial charge in [0, 0.05) is 16.5 Å². The number of thioether (sulfide) groups is 1. The molecule has 3 N–H and O–H groups in total. The van der Waals surface area contributed by atoms with Crippen LogP contribution >= 0.6 is 34.4 Å². The van der Waals surface area contributed by atoms with Gasteiger partial charge in [0.05, 0.1) is 14.8 Å². The maximum Gasteiger partial charge on any atom is 0.436 e. The summed E-state index contributed by atoms with van der Waals surface area (Å²) in [7, 11) is 0. The highest BCUT2D eigenvalue weighted by Crippen LogP contribution is 2.40. The number of amides is 1. The lowest BCUT2D eigenvalue weighted by molar-refractivity contribution is 0.0604. The average Bonchev–Trinajstić information content (AvgIpc) is 3.27. The minimum absolute atomic E-state index is 0.121. The third kappa shape index (κ3) is 5.37. The largest absolute Gasteiger partial charge is 0.508 e. The number of nitrogens with two attached hydrogens (primary N) is 1. The lowest BCUT2D eigenvalue weighted by Crippen LogP contribution is -2.24. The predicted octanol–water partition coefficient (Wildman–Crippen LogP) is 5.61. The van der Waals surface area contributed by atoms with Crippen molar-refractivity contribution in [1.29, 1.82) is 0 Å². The molecule has 2 heterocycles. The Kier molecular flexibility index (Phi) is 6.30. The van der Waals surface area contributed by atoms with Crippen molar-refractivity contribution in [3.63, 3.8) is 0 Å². The third-order valence-electron chi connectivity index (χ3n) is 3.62. The van der Waals surface area contributed by atoms with Crippen LogP contribution < -0.4 is 5.73 Å². The summed E-state index contributed by atoms with van der Waals surface area (Å²) in [6, 6.07) is 8.89. The molecule has 0 radical (unpaired) electrons. The fraction of sp³-hybridized carbons (Fsp3) is 0.250. The fourth-order valence-electron chi connectivity index (χ4n) is 2.43. The van der Waals surface area contributed by atoms with Gasteiger partial charge in [0.1, 0.15) is 22.2 Å². The molecule has 2 aromatic heterocycles. The Hall–Kier alpha value is -2.36. The van der Waals surface area contributed by atoms with Gasteiger partial charge in [0.2, 0.25) is 0 Å². The number of amidine groups is 1. The second kappa shape index (κ2) is 8.56. The van der Waals surface area contributed by atoms with Crippen LogP contribution in [0.3, 0.4) is 0 Å². The number of carbonyl (C=O) groups is 1. The molecular weight excluding hydrogens is 426 g/mol. The van der Waals surface area contributed by atoms with Crippen molar-refractivity contribution in [1.82, 2.24) is 4.98 Å². The summed E-state index contributed by atoms with van der Waals surface area (Å²) < 4.78 is 6.23. The molecule has 0 spiro atoms. The van der Waals surface area contributed by atoms with E-state index < -0.39 is 11.7 Å². The van der Waals surface area contributed by atoms with Crippen molar-refractivity contribution in [3.05, 3.63) is 40.6 Å². The molecule has 9 heteroatoms. The second-order valence-corrected chi connectivity index (χ2v) is 10.1. The minimum Gasteiger partial charge on any atom is -0.508 e. The van der Waals surface area contributed by atoms with E-state index in [2.05, 4.69) is 4.99 Å². The van der Waals surface area contributed by atoms with E-state index in [0.717, 1.165) is 26.0 Å². The number of ether oxygens (including phenoxy) is 1. The number of aromatic nitrogens is 1. The van der Waals surface area contributed by atoms with Gasteiger partial charge in [-0.3, -0.25) is 0 Å². The number of benzene rings is 1. The van der Waals surface area contributed by atoms with Crippen LogP contribution in [0.2, 0.25) is 0 Å². The highest BCUT2D eigenvalue weighted by Gasteiger charge is 2.19. The molecule has 0 aliphatic carbocycles. The normalized spacial score (nSPS) is 12.2. The van der Waals surface area contributed by atoms with Gasteiger partial charge in [-0.25, -0.2) is 9.78 Å². The Bertz CT molecular complexity index is 1060. The molecule has 0 bridgehead atoms. The first-order valence-corrected chi connectivity index (χ1v) is 11.6. The Morgan fingerprint density at radius 2 is 2.07 bits per heavy atom. The molecule has 3 rings (SSSR count). The smallest absolute Gasteiger partial charge is 0.436 e. The highest BCUT2D eigenvalue weighted by molar-refractivity contribution is 8.00. The zero-order valence-electron chi connectivity index (χ0n) is 16.4. The van der Waals surface area contributed by atoms with Crippen molar-refractivity contribution < 1.29 is 14.6 Å². The van der Waals surface area contributed by atoms with E-state index in [1.54, 1.807) is 50.7 Å².